The Morgan fingerprint density at radius 1 is 1.12 bits per heavy atom. The van der Waals surface area contributed by atoms with Crippen molar-refractivity contribution in [3.63, 3.8) is 0 Å². The lowest BCUT2D eigenvalue weighted by molar-refractivity contribution is -0.759. The quantitative estimate of drug-likeness (QED) is 0.682. The number of aromatic nitrogens is 3. The smallest absolute Gasteiger partial charge is 0.320 e. The largest absolute Gasteiger partial charge is 0.340 e. The fourth-order valence-electron chi connectivity index (χ4n) is 3.29. The molecule has 2 aromatic heterocycles. The molecule has 7 nitrogen and oxygen atoms in total. The highest BCUT2D eigenvalue weighted by Gasteiger charge is 2.42. The molecule has 0 fully saturated rings. The zero-order valence-corrected chi connectivity index (χ0v) is 13.2. The molecule has 122 valence electrons. The molecule has 2 aliphatic rings. The Labute approximate surface area is 143 Å². The Bertz CT molecular complexity index is 976. The molecule has 0 N–H and O–H groups in total. The van der Waals surface area contributed by atoms with E-state index in [9.17, 15) is 4.91 Å². The number of rotatable bonds is 1. The minimum Gasteiger partial charge on any atom is -0.320 e. The van der Waals surface area contributed by atoms with Crippen LogP contribution in [0.25, 0.3) is 11.5 Å². The van der Waals surface area contributed by atoms with Gasteiger partial charge in [-0.25, -0.2) is 14.8 Å². The molecular weight excluding hydrogens is 318 g/mol. The number of pyridine rings is 1. The molecule has 1 aromatic carbocycles. The van der Waals surface area contributed by atoms with Crippen LogP contribution in [0.5, 0.6) is 0 Å². The van der Waals surface area contributed by atoms with Crippen LogP contribution in [-0.2, 0) is 17.8 Å². The average molecular weight is 332 g/mol. The van der Waals surface area contributed by atoms with E-state index in [2.05, 4.69) is 19.9 Å². The summed E-state index contributed by atoms with van der Waals surface area (Å²) in [6.07, 6.45) is 3.71. The molecule has 0 spiro atoms. The van der Waals surface area contributed by atoms with Crippen molar-refractivity contribution in [2.45, 2.75) is 19.2 Å². The highest BCUT2D eigenvalue weighted by atomic mass is 16.8. The second kappa shape index (κ2) is 5.34. The molecule has 0 aliphatic carbocycles. The van der Waals surface area contributed by atoms with Crippen molar-refractivity contribution in [2.75, 3.05) is 4.90 Å². The standard InChI is InChI=1S/C18H14N5O2/c24-23-16-7-2-1-6-15(16)22-11-12-10-20-18(13-5-3-4-8-19-13)21-14(12)9-17(22)25-23/h1-8,10,17H,9,11H2/q+1. The van der Waals surface area contributed by atoms with Gasteiger partial charge in [0.2, 0.25) is 0 Å². The summed E-state index contributed by atoms with van der Waals surface area (Å²) in [4.78, 5) is 33.8. The first-order chi connectivity index (χ1) is 12.3. The van der Waals surface area contributed by atoms with E-state index in [1.807, 2.05) is 42.6 Å². The number of fused-ring (bicyclic) bond motifs is 4. The van der Waals surface area contributed by atoms with Gasteiger partial charge < -0.3 is 4.90 Å². The number of anilines is 1. The summed E-state index contributed by atoms with van der Waals surface area (Å²) in [5.74, 6) is 0.586. The third-order valence-electron chi connectivity index (χ3n) is 4.51. The van der Waals surface area contributed by atoms with Gasteiger partial charge in [0.15, 0.2) is 5.82 Å². The maximum Gasteiger partial charge on any atom is 0.340 e. The lowest BCUT2D eigenvalue weighted by Gasteiger charge is -2.35. The SMILES string of the molecule is O=[N+]1OC2Cc3nc(-c4ccccn4)ncc3CN2c2ccccc21. The summed E-state index contributed by atoms with van der Waals surface area (Å²) >= 11 is 0. The van der Waals surface area contributed by atoms with Crippen molar-refractivity contribution < 1.29 is 9.76 Å². The van der Waals surface area contributed by atoms with E-state index in [1.165, 1.54) is 0 Å². The van der Waals surface area contributed by atoms with Gasteiger partial charge in [-0.3, -0.25) is 4.98 Å². The Morgan fingerprint density at radius 2 is 2.00 bits per heavy atom. The van der Waals surface area contributed by atoms with Crippen molar-refractivity contribution >= 4 is 11.4 Å². The van der Waals surface area contributed by atoms with Crippen molar-refractivity contribution in [3.05, 3.63) is 71.0 Å². The molecule has 2 aliphatic heterocycles. The van der Waals surface area contributed by atoms with Gasteiger partial charge in [0.1, 0.15) is 11.4 Å². The van der Waals surface area contributed by atoms with Gasteiger partial charge in [0.25, 0.3) is 11.2 Å². The number of benzene rings is 1. The molecule has 0 saturated carbocycles. The first kappa shape index (κ1) is 14.0. The van der Waals surface area contributed by atoms with Crippen LogP contribution in [0.4, 0.5) is 11.4 Å². The maximum absolute atomic E-state index is 12.2. The van der Waals surface area contributed by atoms with Gasteiger partial charge in [-0.15, -0.1) is 0 Å². The Kier molecular flexibility index (Phi) is 3.00. The van der Waals surface area contributed by atoms with E-state index >= 15 is 0 Å². The number of hydrogen-bond donors (Lipinski definition) is 0. The van der Waals surface area contributed by atoms with Crippen LogP contribution in [0.15, 0.2) is 54.9 Å². The van der Waals surface area contributed by atoms with Gasteiger partial charge in [0.05, 0.1) is 23.6 Å². The molecule has 1 atom stereocenters. The topological polar surface area (TPSA) is 71.2 Å². The third-order valence-corrected chi connectivity index (χ3v) is 4.51. The molecule has 3 aromatic rings. The van der Waals surface area contributed by atoms with Crippen LogP contribution in [0.2, 0.25) is 0 Å². The summed E-state index contributed by atoms with van der Waals surface area (Å²) in [6.45, 7) is 0.605. The first-order valence-corrected chi connectivity index (χ1v) is 8.05. The van der Waals surface area contributed by atoms with E-state index in [1.54, 1.807) is 12.3 Å². The Hall–Kier alpha value is -3.35. The summed E-state index contributed by atoms with van der Waals surface area (Å²) < 4.78 is 0. The van der Waals surface area contributed by atoms with Crippen LogP contribution < -0.4 is 4.90 Å². The van der Waals surface area contributed by atoms with Crippen LogP contribution in [0.3, 0.4) is 0 Å². The minimum atomic E-state index is -0.369. The van der Waals surface area contributed by atoms with Gasteiger partial charge in [-0.2, -0.15) is 0 Å². The van der Waals surface area contributed by atoms with E-state index in [-0.39, 0.29) is 6.23 Å². The average Bonchev–Trinajstić information content (AvgIpc) is 2.67. The molecule has 0 radical (unpaired) electrons. The van der Waals surface area contributed by atoms with Crippen molar-refractivity contribution in [1.29, 1.82) is 0 Å². The summed E-state index contributed by atoms with van der Waals surface area (Å²) in [7, 11) is 0. The summed E-state index contributed by atoms with van der Waals surface area (Å²) in [6, 6.07) is 13.1. The van der Waals surface area contributed by atoms with Crippen molar-refractivity contribution in [3.8, 4) is 11.5 Å². The van der Waals surface area contributed by atoms with Crippen LogP contribution in [0, 0.1) is 4.91 Å². The lowest BCUT2D eigenvalue weighted by Crippen LogP contribution is -2.46. The van der Waals surface area contributed by atoms with Crippen molar-refractivity contribution in [1.82, 2.24) is 15.0 Å². The highest BCUT2D eigenvalue weighted by Crippen LogP contribution is 2.38. The molecule has 0 saturated heterocycles. The normalized spacial score (nSPS) is 18.0. The molecule has 0 bridgehead atoms. The third kappa shape index (κ3) is 2.24. The Morgan fingerprint density at radius 3 is 2.88 bits per heavy atom. The van der Waals surface area contributed by atoms with E-state index in [0.717, 1.165) is 22.6 Å². The predicted molar refractivity (Wildman–Crippen MR) is 89.8 cm³/mol. The molecule has 4 heterocycles. The summed E-state index contributed by atoms with van der Waals surface area (Å²) in [5, 5.41) is 0. The zero-order chi connectivity index (χ0) is 16.8. The summed E-state index contributed by atoms with van der Waals surface area (Å²) in [5.41, 5.74) is 4.05. The zero-order valence-electron chi connectivity index (χ0n) is 13.2. The monoisotopic (exact) mass is 332 g/mol. The first-order valence-electron chi connectivity index (χ1n) is 8.05. The Balaban J connectivity index is 1.54. The number of para-hydroxylation sites is 2. The van der Waals surface area contributed by atoms with Gasteiger partial charge in [0, 0.05) is 24.0 Å². The molecular formula is C18H14N5O2+. The van der Waals surface area contributed by atoms with E-state index in [0.29, 0.717) is 29.4 Å². The van der Waals surface area contributed by atoms with Crippen LogP contribution in [0.1, 0.15) is 11.3 Å². The molecule has 7 heteroatoms. The molecule has 0 amide bonds. The number of hydrogen-bond acceptors (Lipinski definition) is 6. The van der Waals surface area contributed by atoms with Gasteiger partial charge in [-0.05, 0) is 18.2 Å². The fourth-order valence-corrected chi connectivity index (χ4v) is 3.29. The van der Waals surface area contributed by atoms with Gasteiger partial charge >= 0.3 is 5.69 Å². The fraction of sp³-hybridized carbons (Fsp3) is 0.167. The molecule has 1 unspecified atom stereocenters. The van der Waals surface area contributed by atoms with Crippen LogP contribution >= 0.6 is 0 Å². The highest BCUT2D eigenvalue weighted by molar-refractivity contribution is 5.65. The van der Waals surface area contributed by atoms with E-state index in [4.69, 9.17) is 4.84 Å². The lowest BCUT2D eigenvalue weighted by atomic mass is 10.0. The van der Waals surface area contributed by atoms with Crippen LogP contribution in [-0.4, -0.2) is 26.1 Å². The minimum absolute atomic E-state index is 0.369. The maximum atomic E-state index is 12.2. The number of nitrogens with zero attached hydrogens (tertiary/aromatic N) is 5. The van der Waals surface area contributed by atoms with E-state index < -0.39 is 0 Å². The predicted octanol–water partition coefficient (Wildman–Crippen LogP) is 2.78. The second-order valence-corrected chi connectivity index (χ2v) is 6.02. The van der Waals surface area contributed by atoms with Gasteiger partial charge in [-0.1, -0.05) is 18.2 Å². The molecule has 25 heavy (non-hydrogen) atoms. The second-order valence-electron chi connectivity index (χ2n) is 6.02. The van der Waals surface area contributed by atoms with Crippen molar-refractivity contribution in [2.24, 2.45) is 0 Å². The molecule has 5 rings (SSSR count).